The highest BCUT2D eigenvalue weighted by molar-refractivity contribution is 6.53. The lowest BCUT2D eigenvalue weighted by Gasteiger charge is -1.99. The summed E-state index contributed by atoms with van der Waals surface area (Å²) in [5.74, 6) is 0. The van der Waals surface area contributed by atoms with Gasteiger partial charge in [-0.2, -0.15) is 0 Å². The second kappa shape index (κ2) is 5.10. The third-order valence-corrected chi connectivity index (χ3v) is 3.12. The first-order valence-corrected chi connectivity index (χ1v) is 5.76. The van der Waals surface area contributed by atoms with E-state index in [0.29, 0.717) is 0 Å². The van der Waals surface area contributed by atoms with Crippen LogP contribution in [0.2, 0.25) is 0 Å². The van der Waals surface area contributed by atoms with E-state index >= 15 is 0 Å². The Bertz CT molecular complexity index is 186. The van der Waals surface area contributed by atoms with Crippen molar-refractivity contribution in [1.29, 1.82) is 0 Å². The summed E-state index contributed by atoms with van der Waals surface area (Å²) in [6.07, 6.45) is 0.973. The molecule has 0 N–H and O–H groups in total. The summed E-state index contributed by atoms with van der Waals surface area (Å²) in [7, 11) is -0.145. The van der Waals surface area contributed by atoms with Crippen molar-refractivity contribution in [2.45, 2.75) is 6.92 Å². The first-order chi connectivity index (χ1) is 5.43. The molecule has 0 fully saturated rings. The maximum absolute atomic E-state index is 5.30. The number of hydrogen-bond donors (Lipinski definition) is 0. The summed E-state index contributed by atoms with van der Waals surface area (Å²) in [5, 5.41) is 1.49. The first-order valence-electron chi connectivity index (χ1n) is 4.05. The largest absolute Gasteiger partial charge is 0.385 e. The molecular weight excluding hydrogens is 152 g/mol. The van der Waals surface area contributed by atoms with E-state index in [1.165, 1.54) is 5.19 Å². The third-order valence-electron chi connectivity index (χ3n) is 1.58. The Morgan fingerprint density at radius 2 is 2.00 bits per heavy atom. The molecule has 0 spiro atoms. The van der Waals surface area contributed by atoms with E-state index in [1.807, 2.05) is 6.92 Å². The van der Waals surface area contributed by atoms with Gasteiger partial charge in [0.15, 0.2) is 0 Å². The predicted molar refractivity (Wildman–Crippen MR) is 51.1 cm³/mol. The minimum absolute atomic E-state index is 0.145. The molecule has 0 aliphatic heterocycles. The number of rotatable bonds is 4. The van der Waals surface area contributed by atoms with Crippen LogP contribution < -0.4 is 5.19 Å². The Labute approximate surface area is 70.2 Å². The van der Waals surface area contributed by atoms with Gasteiger partial charge in [0, 0.05) is 12.8 Å². The summed E-state index contributed by atoms with van der Waals surface area (Å²) in [5.41, 5.74) is 0. The molecule has 0 atom stereocenters. The Morgan fingerprint density at radius 1 is 1.27 bits per heavy atom. The van der Waals surface area contributed by atoms with Crippen molar-refractivity contribution in [3.8, 4) is 0 Å². The summed E-state index contributed by atoms with van der Waals surface area (Å²) in [6.45, 7) is 2.89. The molecule has 2 heteroatoms. The lowest BCUT2D eigenvalue weighted by atomic mass is 10.4. The molecule has 0 aliphatic carbocycles. The van der Waals surface area contributed by atoms with Crippen LogP contribution in [-0.4, -0.2) is 22.4 Å². The molecule has 11 heavy (non-hydrogen) atoms. The van der Waals surface area contributed by atoms with Crippen LogP contribution in [0, 0.1) is 0 Å². The lowest BCUT2D eigenvalue weighted by molar-refractivity contribution is 0.193. The van der Waals surface area contributed by atoms with Gasteiger partial charge in [-0.1, -0.05) is 35.5 Å². The van der Waals surface area contributed by atoms with E-state index in [1.54, 1.807) is 0 Å². The van der Waals surface area contributed by atoms with Gasteiger partial charge in [0.2, 0.25) is 0 Å². The minimum atomic E-state index is -0.145. The lowest BCUT2D eigenvalue weighted by Crippen LogP contribution is -2.18. The number of ether oxygens (including phenoxy) is 1. The van der Waals surface area contributed by atoms with Gasteiger partial charge < -0.3 is 4.74 Å². The average Bonchev–Trinajstić information content (AvgIpc) is 2.07. The van der Waals surface area contributed by atoms with E-state index < -0.39 is 0 Å². The molecule has 0 heterocycles. The van der Waals surface area contributed by atoms with E-state index in [-0.39, 0.29) is 9.52 Å². The number of benzene rings is 1. The van der Waals surface area contributed by atoms with Crippen LogP contribution in [-0.2, 0) is 4.74 Å². The van der Waals surface area contributed by atoms with Crippen molar-refractivity contribution < 1.29 is 4.74 Å². The van der Waals surface area contributed by atoms with Crippen LogP contribution in [0.3, 0.4) is 0 Å². The topological polar surface area (TPSA) is 9.23 Å². The van der Waals surface area contributed by atoms with Gasteiger partial charge in [0.25, 0.3) is 0 Å². The maximum atomic E-state index is 5.30. The van der Waals surface area contributed by atoms with Crippen LogP contribution in [0.4, 0.5) is 0 Å². The molecule has 0 radical (unpaired) electrons. The SMILES string of the molecule is CCOC[SiH2]c1ccccc1. The van der Waals surface area contributed by atoms with Crippen LogP contribution in [0.5, 0.6) is 0 Å². The molecular formula is C9H14OSi. The van der Waals surface area contributed by atoms with Crippen LogP contribution in [0.25, 0.3) is 0 Å². The zero-order valence-corrected chi connectivity index (χ0v) is 8.33. The molecule has 0 saturated heterocycles. The second-order valence-corrected chi connectivity index (χ2v) is 4.16. The standard InChI is InChI=1S/C9H14OSi/c1-2-10-8-11-9-6-4-3-5-7-9/h3-7H,2,8,11H2,1H3. The second-order valence-electron chi connectivity index (χ2n) is 2.43. The van der Waals surface area contributed by atoms with Gasteiger partial charge in [-0.15, -0.1) is 0 Å². The van der Waals surface area contributed by atoms with Crippen molar-refractivity contribution in [3.05, 3.63) is 30.3 Å². The fraction of sp³-hybridized carbons (Fsp3) is 0.333. The monoisotopic (exact) mass is 166 g/mol. The van der Waals surface area contributed by atoms with Crippen molar-refractivity contribution in [1.82, 2.24) is 0 Å². The molecule has 0 aromatic heterocycles. The Balaban J connectivity index is 2.28. The molecule has 1 aromatic carbocycles. The van der Waals surface area contributed by atoms with Crippen LogP contribution in [0.1, 0.15) is 6.92 Å². The average molecular weight is 166 g/mol. The number of hydrogen-bond acceptors (Lipinski definition) is 1. The molecule has 1 nitrogen and oxygen atoms in total. The van der Waals surface area contributed by atoms with Gasteiger partial charge in [-0.25, -0.2) is 0 Å². The Kier molecular flexibility index (Phi) is 3.94. The molecule has 1 aromatic rings. The van der Waals surface area contributed by atoms with E-state index in [0.717, 1.165) is 12.8 Å². The predicted octanol–water partition coefficient (Wildman–Crippen LogP) is 0.475. The van der Waals surface area contributed by atoms with Gasteiger partial charge >= 0.3 is 0 Å². The van der Waals surface area contributed by atoms with Gasteiger partial charge in [0.05, 0.1) is 9.52 Å². The van der Waals surface area contributed by atoms with Gasteiger partial charge in [-0.05, 0) is 6.92 Å². The van der Waals surface area contributed by atoms with E-state index in [9.17, 15) is 0 Å². The highest BCUT2D eigenvalue weighted by Gasteiger charge is 1.90. The Morgan fingerprint density at radius 3 is 2.64 bits per heavy atom. The fourth-order valence-corrected chi connectivity index (χ4v) is 2.25. The first kappa shape index (κ1) is 8.49. The van der Waals surface area contributed by atoms with Crippen LogP contribution >= 0.6 is 0 Å². The summed E-state index contributed by atoms with van der Waals surface area (Å²) >= 11 is 0. The zero-order valence-electron chi connectivity index (χ0n) is 6.92. The Hall–Kier alpha value is -0.603. The molecule has 0 unspecified atom stereocenters. The van der Waals surface area contributed by atoms with Crippen molar-refractivity contribution in [3.63, 3.8) is 0 Å². The summed E-state index contributed by atoms with van der Waals surface area (Å²) in [4.78, 5) is 0. The zero-order chi connectivity index (χ0) is 7.94. The third kappa shape index (κ3) is 3.35. The van der Waals surface area contributed by atoms with Gasteiger partial charge in [0.1, 0.15) is 0 Å². The molecule has 0 amide bonds. The quantitative estimate of drug-likeness (QED) is 0.467. The van der Waals surface area contributed by atoms with Crippen molar-refractivity contribution in [2.75, 3.05) is 12.8 Å². The highest BCUT2D eigenvalue weighted by Crippen LogP contribution is 1.81. The maximum Gasteiger partial charge on any atom is 0.0848 e. The minimum Gasteiger partial charge on any atom is -0.385 e. The smallest absolute Gasteiger partial charge is 0.0848 e. The summed E-state index contributed by atoms with van der Waals surface area (Å²) < 4.78 is 5.30. The normalized spacial score (nSPS) is 11.0. The molecule has 0 aliphatic rings. The summed E-state index contributed by atoms with van der Waals surface area (Å²) in [6, 6.07) is 10.6. The molecule has 0 saturated carbocycles. The van der Waals surface area contributed by atoms with Crippen molar-refractivity contribution in [2.24, 2.45) is 0 Å². The molecule has 0 bridgehead atoms. The van der Waals surface area contributed by atoms with E-state index in [2.05, 4.69) is 30.3 Å². The molecule has 1 rings (SSSR count). The van der Waals surface area contributed by atoms with Crippen molar-refractivity contribution >= 4 is 14.7 Å². The van der Waals surface area contributed by atoms with Crippen LogP contribution in [0.15, 0.2) is 30.3 Å². The highest BCUT2D eigenvalue weighted by atomic mass is 28.2. The van der Waals surface area contributed by atoms with Gasteiger partial charge in [-0.3, -0.25) is 0 Å². The van der Waals surface area contributed by atoms with E-state index in [4.69, 9.17) is 4.74 Å². The molecule has 60 valence electrons. The fourth-order valence-electron chi connectivity index (χ4n) is 0.979.